The van der Waals surface area contributed by atoms with Crippen LogP contribution < -0.4 is 9.80 Å². The Morgan fingerprint density at radius 1 is 1.00 bits per heavy atom. The minimum atomic E-state index is -0.281. The summed E-state index contributed by atoms with van der Waals surface area (Å²) >= 11 is 0. The van der Waals surface area contributed by atoms with E-state index in [9.17, 15) is 9.59 Å². The highest BCUT2D eigenvalue weighted by molar-refractivity contribution is 6.02. The van der Waals surface area contributed by atoms with Gasteiger partial charge in [0.2, 0.25) is 11.8 Å². The molecule has 2 heterocycles. The van der Waals surface area contributed by atoms with Gasteiger partial charge in [-0.3, -0.25) is 9.59 Å². The van der Waals surface area contributed by atoms with Crippen LogP contribution in [0.1, 0.15) is 32.6 Å². The highest BCUT2D eigenvalue weighted by atomic mass is 16.2. The molecule has 5 heteroatoms. The van der Waals surface area contributed by atoms with Gasteiger partial charge >= 0.3 is 0 Å². The lowest BCUT2D eigenvalue weighted by Crippen LogP contribution is -2.49. The summed E-state index contributed by atoms with van der Waals surface area (Å²) in [4.78, 5) is 32.1. The minimum absolute atomic E-state index is 0.0982. The molecule has 2 unspecified atom stereocenters. The average molecular weight is 341 g/mol. The van der Waals surface area contributed by atoms with Crippen molar-refractivity contribution in [2.24, 2.45) is 11.8 Å². The molecule has 2 atom stereocenters. The maximum absolute atomic E-state index is 13.4. The first-order chi connectivity index (χ1) is 12.1. The van der Waals surface area contributed by atoms with Gasteiger partial charge in [0.05, 0.1) is 11.4 Å². The Labute approximate surface area is 149 Å². The Morgan fingerprint density at radius 3 is 2.44 bits per heavy atom. The van der Waals surface area contributed by atoms with Crippen LogP contribution in [0.5, 0.6) is 0 Å². The number of anilines is 2. The Kier molecular flexibility index (Phi) is 4.18. The van der Waals surface area contributed by atoms with Gasteiger partial charge in [0.25, 0.3) is 0 Å². The topological polar surface area (TPSA) is 43.9 Å². The van der Waals surface area contributed by atoms with Crippen molar-refractivity contribution in [3.63, 3.8) is 0 Å². The lowest BCUT2D eigenvalue weighted by Gasteiger charge is -2.31. The molecule has 1 saturated heterocycles. The molecule has 1 aliphatic carbocycles. The van der Waals surface area contributed by atoms with Crippen LogP contribution in [0.25, 0.3) is 0 Å². The van der Waals surface area contributed by atoms with E-state index in [-0.39, 0.29) is 23.8 Å². The van der Waals surface area contributed by atoms with Gasteiger partial charge in [-0.25, -0.2) is 0 Å². The van der Waals surface area contributed by atoms with Crippen LogP contribution in [0, 0.1) is 11.8 Å². The lowest BCUT2D eigenvalue weighted by molar-refractivity contribution is -0.138. The molecule has 0 N–H and O–H groups in total. The molecule has 5 nitrogen and oxygen atoms in total. The second kappa shape index (κ2) is 6.36. The molecular formula is C20H27N3O2. The fourth-order valence-electron chi connectivity index (χ4n) is 4.29. The number of likely N-dealkylation sites (tertiary alicyclic amines) is 1. The second-order valence-corrected chi connectivity index (χ2v) is 7.89. The summed E-state index contributed by atoms with van der Waals surface area (Å²) in [5.74, 6) is 0.857. The number of carbonyl (C=O) groups is 2. The zero-order valence-electron chi connectivity index (χ0n) is 15.1. The molecule has 3 aliphatic rings. The number of para-hydroxylation sites is 2. The van der Waals surface area contributed by atoms with Crippen molar-refractivity contribution in [3.05, 3.63) is 24.3 Å². The molecule has 25 heavy (non-hydrogen) atoms. The SMILES string of the molecule is CC1CN(C)c2ccccc2N(C(=O)C2CCCN2C(=O)C2CC2)C1. The number of nitrogens with zero attached hydrogens (tertiary/aromatic N) is 3. The van der Waals surface area contributed by atoms with Crippen molar-refractivity contribution in [3.8, 4) is 0 Å². The monoisotopic (exact) mass is 341 g/mol. The number of fused-ring (bicyclic) bond motifs is 1. The number of hydrogen-bond donors (Lipinski definition) is 0. The van der Waals surface area contributed by atoms with Gasteiger partial charge in [0.1, 0.15) is 6.04 Å². The van der Waals surface area contributed by atoms with Crippen molar-refractivity contribution >= 4 is 23.2 Å². The van der Waals surface area contributed by atoms with Crippen LogP contribution in [0.3, 0.4) is 0 Å². The van der Waals surface area contributed by atoms with Crippen molar-refractivity contribution in [1.82, 2.24) is 4.90 Å². The van der Waals surface area contributed by atoms with Crippen LogP contribution in [0.15, 0.2) is 24.3 Å². The highest BCUT2D eigenvalue weighted by Gasteiger charge is 2.43. The van der Waals surface area contributed by atoms with Gasteiger partial charge in [-0.15, -0.1) is 0 Å². The van der Waals surface area contributed by atoms with E-state index < -0.39 is 0 Å². The van der Waals surface area contributed by atoms with Gasteiger partial charge in [-0.05, 0) is 43.7 Å². The summed E-state index contributed by atoms with van der Waals surface area (Å²) < 4.78 is 0. The standard InChI is InChI=1S/C20H27N3O2/c1-14-12-21(2)16-6-3-4-7-17(16)23(13-14)20(25)18-8-5-11-22(18)19(24)15-9-10-15/h3-4,6-7,14-15,18H,5,8-13H2,1-2H3. The molecule has 2 aliphatic heterocycles. The number of rotatable bonds is 2. The van der Waals surface area contributed by atoms with Gasteiger partial charge in [0.15, 0.2) is 0 Å². The summed E-state index contributed by atoms with van der Waals surface area (Å²) in [7, 11) is 2.09. The second-order valence-electron chi connectivity index (χ2n) is 7.89. The summed E-state index contributed by atoms with van der Waals surface area (Å²) in [5.41, 5.74) is 2.07. The predicted octanol–water partition coefficient (Wildman–Crippen LogP) is 2.51. The first kappa shape index (κ1) is 16.4. The summed E-state index contributed by atoms with van der Waals surface area (Å²) in [5, 5.41) is 0. The predicted molar refractivity (Wildman–Crippen MR) is 98.7 cm³/mol. The van der Waals surface area contributed by atoms with Crippen LogP contribution in [-0.2, 0) is 9.59 Å². The fraction of sp³-hybridized carbons (Fsp3) is 0.600. The Morgan fingerprint density at radius 2 is 1.72 bits per heavy atom. The molecule has 4 rings (SSSR count). The summed E-state index contributed by atoms with van der Waals surface area (Å²) in [6, 6.07) is 7.84. The van der Waals surface area contributed by atoms with E-state index in [4.69, 9.17) is 0 Å². The quantitative estimate of drug-likeness (QED) is 0.830. The largest absolute Gasteiger partial charge is 0.373 e. The number of benzene rings is 1. The van der Waals surface area contributed by atoms with E-state index >= 15 is 0 Å². The van der Waals surface area contributed by atoms with E-state index in [1.54, 1.807) is 0 Å². The summed E-state index contributed by atoms with van der Waals surface area (Å²) in [6.45, 7) is 4.55. The first-order valence-electron chi connectivity index (χ1n) is 9.48. The molecule has 0 bridgehead atoms. The van der Waals surface area contributed by atoms with Crippen molar-refractivity contribution in [1.29, 1.82) is 0 Å². The number of amides is 2. The van der Waals surface area contributed by atoms with E-state index in [2.05, 4.69) is 24.9 Å². The molecule has 0 spiro atoms. The molecule has 1 aromatic rings. The maximum atomic E-state index is 13.4. The fourth-order valence-corrected chi connectivity index (χ4v) is 4.29. The van der Waals surface area contributed by atoms with Gasteiger partial charge in [0, 0.05) is 32.6 Å². The van der Waals surface area contributed by atoms with Gasteiger partial charge in [-0.1, -0.05) is 19.1 Å². The molecular weight excluding hydrogens is 314 g/mol. The smallest absolute Gasteiger partial charge is 0.249 e. The first-order valence-corrected chi connectivity index (χ1v) is 9.48. The molecule has 1 saturated carbocycles. The van der Waals surface area contributed by atoms with Crippen LogP contribution in [0.4, 0.5) is 11.4 Å². The van der Waals surface area contributed by atoms with Crippen molar-refractivity contribution in [2.45, 2.75) is 38.6 Å². The van der Waals surface area contributed by atoms with E-state index in [1.807, 2.05) is 28.0 Å². The highest BCUT2D eigenvalue weighted by Crippen LogP contribution is 2.36. The van der Waals surface area contributed by atoms with Crippen molar-refractivity contribution in [2.75, 3.05) is 36.5 Å². The Bertz CT molecular complexity index is 685. The van der Waals surface area contributed by atoms with E-state index in [0.29, 0.717) is 12.5 Å². The lowest BCUT2D eigenvalue weighted by atomic mass is 10.1. The maximum Gasteiger partial charge on any atom is 0.249 e. The third kappa shape index (κ3) is 3.00. The molecule has 2 amide bonds. The number of hydrogen-bond acceptors (Lipinski definition) is 3. The molecule has 0 radical (unpaired) electrons. The average Bonchev–Trinajstić information content (AvgIpc) is 3.36. The van der Waals surface area contributed by atoms with Gasteiger partial charge in [-0.2, -0.15) is 0 Å². The summed E-state index contributed by atoms with van der Waals surface area (Å²) in [6.07, 6.45) is 3.70. The Hall–Kier alpha value is -2.04. The van der Waals surface area contributed by atoms with Crippen LogP contribution in [0.2, 0.25) is 0 Å². The third-order valence-corrected chi connectivity index (χ3v) is 5.68. The molecule has 2 fully saturated rings. The Balaban J connectivity index is 1.64. The normalized spacial score (nSPS) is 26.4. The molecule has 0 aromatic heterocycles. The van der Waals surface area contributed by atoms with E-state index in [1.165, 1.54) is 0 Å². The zero-order valence-corrected chi connectivity index (χ0v) is 15.1. The zero-order chi connectivity index (χ0) is 17.6. The van der Waals surface area contributed by atoms with E-state index in [0.717, 1.165) is 50.1 Å². The molecule has 134 valence electrons. The number of carbonyl (C=O) groups excluding carboxylic acids is 2. The van der Waals surface area contributed by atoms with Crippen LogP contribution >= 0.6 is 0 Å². The third-order valence-electron chi connectivity index (χ3n) is 5.68. The van der Waals surface area contributed by atoms with Gasteiger partial charge < -0.3 is 14.7 Å². The minimum Gasteiger partial charge on any atom is -0.373 e. The van der Waals surface area contributed by atoms with Crippen molar-refractivity contribution < 1.29 is 9.59 Å². The molecule has 1 aromatic carbocycles. The van der Waals surface area contributed by atoms with Crippen LogP contribution in [-0.4, -0.2) is 49.4 Å².